The molecule has 6 nitrogen and oxygen atoms in total. The summed E-state index contributed by atoms with van der Waals surface area (Å²) in [5, 5.41) is 3.31. The summed E-state index contributed by atoms with van der Waals surface area (Å²) >= 11 is 0. The Morgan fingerprint density at radius 1 is 1.00 bits per heavy atom. The number of piperazine rings is 1. The Balaban J connectivity index is 1.14. The van der Waals surface area contributed by atoms with Crippen molar-refractivity contribution in [3.63, 3.8) is 0 Å². The minimum atomic E-state index is -0.248. The maximum absolute atomic E-state index is 12.8. The molecule has 0 spiro atoms. The minimum absolute atomic E-state index is 0.0603. The number of rotatable bonds is 2. The molecule has 0 radical (unpaired) electrons. The second-order valence-electron chi connectivity index (χ2n) is 12.8. The molecule has 2 heterocycles. The van der Waals surface area contributed by atoms with Crippen LogP contribution >= 0.6 is 0 Å². The maximum Gasteiger partial charge on any atom is 0.410 e. The number of carbonyl (C=O) groups is 1. The SMILES string of the molecule is CC1(C)CC(OC(=O)N2CCNCC2)CC2CCC3C4CCC(c5ccc(=O)oc5)C4CCC3C21. The van der Waals surface area contributed by atoms with Crippen LogP contribution in [-0.2, 0) is 4.74 Å². The van der Waals surface area contributed by atoms with E-state index in [-0.39, 0.29) is 23.2 Å². The second-order valence-corrected chi connectivity index (χ2v) is 12.8. The average molecular weight is 483 g/mol. The van der Waals surface area contributed by atoms with Crippen LogP contribution in [0, 0.1) is 40.9 Å². The molecule has 6 heteroatoms. The van der Waals surface area contributed by atoms with Crippen LogP contribution in [-0.4, -0.2) is 43.3 Å². The molecule has 0 bridgehead atoms. The van der Waals surface area contributed by atoms with E-state index in [1.807, 2.05) is 11.0 Å². The van der Waals surface area contributed by atoms with Gasteiger partial charge in [0.1, 0.15) is 6.10 Å². The van der Waals surface area contributed by atoms with Crippen LogP contribution < -0.4 is 10.9 Å². The van der Waals surface area contributed by atoms with Crippen molar-refractivity contribution in [2.45, 2.75) is 77.2 Å². The van der Waals surface area contributed by atoms with Gasteiger partial charge in [-0.15, -0.1) is 0 Å². The molecule has 192 valence electrons. The third-order valence-electron chi connectivity index (χ3n) is 10.7. The molecule has 5 fully saturated rings. The van der Waals surface area contributed by atoms with Crippen molar-refractivity contribution >= 4 is 6.09 Å². The van der Waals surface area contributed by atoms with Gasteiger partial charge in [-0.2, -0.15) is 0 Å². The second kappa shape index (κ2) is 9.24. The number of nitrogens with zero attached hydrogens (tertiary/aromatic N) is 1. The first-order chi connectivity index (χ1) is 16.9. The van der Waals surface area contributed by atoms with E-state index in [2.05, 4.69) is 19.2 Å². The largest absolute Gasteiger partial charge is 0.446 e. The van der Waals surface area contributed by atoms with Gasteiger partial charge in [0.15, 0.2) is 0 Å². The van der Waals surface area contributed by atoms with Crippen LogP contribution in [0.15, 0.2) is 27.6 Å². The number of ether oxygens (including phenoxy) is 1. The van der Waals surface area contributed by atoms with Crippen molar-refractivity contribution in [1.29, 1.82) is 0 Å². The highest BCUT2D eigenvalue weighted by atomic mass is 16.6. The molecule has 8 unspecified atom stereocenters. The third-order valence-corrected chi connectivity index (χ3v) is 10.7. The van der Waals surface area contributed by atoms with Gasteiger partial charge in [-0.1, -0.05) is 13.8 Å². The van der Waals surface area contributed by atoms with Crippen LogP contribution in [0.1, 0.15) is 76.7 Å². The zero-order valence-electron chi connectivity index (χ0n) is 21.4. The van der Waals surface area contributed by atoms with E-state index in [1.54, 1.807) is 12.3 Å². The molecule has 4 aliphatic carbocycles. The quantitative estimate of drug-likeness (QED) is 0.640. The number of nitrogens with one attached hydrogen (secondary N) is 1. The predicted octanol–water partition coefficient (Wildman–Crippen LogP) is 5.03. The fourth-order valence-electron chi connectivity index (χ4n) is 9.55. The number of fused-ring (bicyclic) bond motifs is 5. The van der Waals surface area contributed by atoms with E-state index in [4.69, 9.17) is 9.15 Å². The topological polar surface area (TPSA) is 71.8 Å². The van der Waals surface area contributed by atoms with Gasteiger partial charge >= 0.3 is 11.7 Å². The molecule has 5 aliphatic rings. The van der Waals surface area contributed by atoms with Gasteiger partial charge in [-0.05, 0) is 110 Å². The van der Waals surface area contributed by atoms with E-state index in [9.17, 15) is 9.59 Å². The smallest absolute Gasteiger partial charge is 0.410 e. The standard InChI is InChI=1S/C29H42N2O4/c1-29(2)16-20(35-28(33)31-13-11-30-12-14-31)15-18-3-5-24-23-7-6-21(19-4-10-26(32)34-17-19)22(23)8-9-25(24)27(18)29/h4,10,17-18,20-25,27,30H,3,5-9,11-16H2,1-2H3. The molecule has 8 atom stereocenters. The van der Waals surface area contributed by atoms with E-state index in [1.165, 1.54) is 44.1 Å². The Morgan fingerprint density at radius 3 is 2.49 bits per heavy atom. The Morgan fingerprint density at radius 2 is 1.71 bits per heavy atom. The minimum Gasteiger partial charge on any atom is -0.446 e. The van der Waals surface area contributed by atoms with Crippen molar-refractivity contribution in [1.82, 2.24) is 10.2 Å². The molecule has 1 N–H and O–H groups in total. The molecule has 6 rings (SSSR count). The van der Waals surface area contributed by atoms with Crippen LogP contribution in [0.25, 0.3) is 0 Å². The van der Waals surface area contributed by atoms with Gasteiger partial charge in [0.2, 0.25) is 0 Å². The van der Waals surface area contributed by atoms with E-state index in [0.717, 1.165) is 68.6 Å². The lowest BCUT2D eigenvalue weighted by Gasteiger charge is -2.58. The summed E-state index contributed by atoms with van der Waals surface area (Å²) in [4.78, 5) is 26.2. The van der Waals surface area contributed by atoms with Crippen molar-refractivity contribution in [2.75, 3.05) is 26.2 Å². The van der Waals surface area contributed by atoms with Crippen LogP contribution in [0.2, 0.25) is 0 Å². The van der Waals surface area contributed by atoms with Crippen LogP contribution in [0.3, 0.4) is 0 Å². The van der Waals surface area contributed by atoms with E-state index < -0.39 is 0 Å². The molecule has 4 saturated carbocycles. The zero-order valence-corrected chi connectivity index (χ0v) is 21.4. The first-order valence-electron chi connectivity index (χ1n) is 14.2. The maximum atomic E-state index is 12.8. The van der Waals surface area contributed by atoms with Crippen molar-refractivity contribution in [3.8, 4) is 0 Å². The summed E-state index contributed by atoms with van der Waals surface area (Å²) in [7, 11) is 0. The van der Waals surface area contributed by atoms with Gasteiger partial charge in [0, 0.05) is 32.2 Å². The van der Waals surface area contributed by atoms with Crippen LogP contribution in [0.5, 0.6) is 0 Å². The van der Waals surface area contributed by atoms with Gasteiger partial charge in [-0.25, -0.2) is 9.59 Å². The molecular formula is C29H42N2O4. The Bertz CT molecular complexity index is 963. The van der Waals surface area contributed by atoms with E-state index in [0.29, 0.717) is 11.8 Å². The molecule has 1 amide bonds. The molecule has 1 aromatic heterocycles. The van der Waals surface area contributed by atoms with E-state index >= 15 is 0 Å². The molecule has 0 aromatic carbocycles. The first-order valence-corrected chi connectivity index (χ1v) is 14.2. The normalized spacial score (nSPS) is 40.3. The molecular weight excluding hydrogens is 440 g/mol. The van der Waals surface area contributed by atoms with Gasteiger partial charge in [-0.3, -0.25) is 0 Å². The predicted molar refractivity (Wildman–Crippen MR) is 134 cm³/mol. The Hall–Kier alpha value is -1.82. The fraction of sp³-hybridized carbons (Fsp3) is 0.793. The Labute approximate surface area is 209 Å². The lowest BCUT2D eigenvalue weighted by atomic mass is 9.47. The summed E-state index contributed by atoms with van der Waals surface area (Å²) in [5.41, 5.74) is 1.19. The van der Waals surface area contributed by atoms with Crippen molar-refractivity contribution in [2.24, 2.45) is 40.9 Å². The number of amides is 1. The van der Waals surface area contributed by atoms with Crippen molar-refractivity contribution in [3.05, 3.63) is 34.4 Å². The highest BCUT2D eigenvalue weighted by Crippen LogP contribution is 2.63. The highest BCUT2D eigenvalue weighted by molar-refractivity contribution is 5.68. The van der Waals surface area contributed by atoms with Crippen LogP contribution in [0.4, 0.5) is 4.79 Å². The summed E-state index contributed by atoms with van der Waals surface area (Å²) in [6.45, 7) is 8.13. The first kappa shape index (κ1) is 23.6. The Kier molecular flexibility index (Phi) is 6.22. The highest BCUT2D eigenvalue weighted by Gasteiger charge is 2.56. The lowest BCUT2D eigenvalue weighted by Crippen LogP contribution is -2.53. The summed E-state index contributed by atoms with van der Waals surface area (Å²) < 4.78 is 11.4. The molecule has 1 aliphatic heterocycles. The molecule has 1 aromatic rings. The van der Waals surface area contributed by atoms with Gasteiger partial charge in [0.05, 0.1) is 6.26 Å². The van der Waals surface area contributed by atoms with Crippen molar-refractivity contribution < 1.29 is 13.9 Å². The molecule has 35 heavy (non-hydrogen) atoms. The number of carbonyl (C=O) groups excluding carboxylic acids is 1. The number of hydrogen-bond donors (Lipinski definition) is 1. The monoisotopic (exact) mass is 482 g/mol. The zero-order chi connectivity index (χ0) is 24.2. The summed E-state index contributed by atoms with van der Waals surface area (Å²) in [5.74, 6) is 5.15. The summed E-state index contributed by atoms with van der Waals surface area (Å²) in [6, 6.07) is 3.60. The van der Waals surface area contributed by atoms with Gasteiger partial charge < -0.3 is 19.4 Å². The number of hydrogen-bond acceptors (Lipinski definition) is 5. The third kappa shape index (κ3) is 4.34. The fourth-order valence-corrected chi connectivity index (χ4v) is 9.55. The molecule has 1 saturated heterocycles. The average Bonchev–Trinajstić information content (AvgIpc) is 3.28. The summed E-state index contributed by atoms with van der Waals surface area (Å²) in [6.07, 6.45) is 11.5. The lowest BCUT2D eigenvalue weighted by molar-refractivity contribution is -0.113. The van der Waals surface area contributed by atoms with Gasteiger partial charge in [0.25, 0.3) is 0 Å².